The van der Waals surface area contributed by atoms with Gasteiger partial charge in [-0.2, -0.15) is 0 Å². The normalized spacial score (nSPS) is 11.7. The fourth-order valence-electron chi connectivity index (χ4n) is 5.22. The van der Waals surface area contributed by atoms with E-state index in [4.69, 9.17) is 0 Å². The second-order valence-corrected chi connectivity index (χ2v) is 13.3. The molecule has 4 heterocycles. The van der Waals surface area contributed by atoms with Gasteiger partial charge in [-0.25, -0.2) is 14.4 Å². The van der Waals surface area contributed by atoms with E-state index in [0.29, 0.717) is 43.8 Å². The highest BCUT2D eigenvalue weighted by atomic mass is 32.1. The van der Waals surface area contributed by atoms with Gasteiger partial charge in [-0.05, 0) is 62.4 Å². The molecule has 51 heavy (non-hydrogen) atoms. The van der Waals surface area contributed by atoms with E-state index in [9.17, 15) is 24.2 Å². The van der Waals surface area contributed by atoms with Crippen LogP contribution < -0.4 is 9.60 Å². The molecule has 13 heteroatoms. The number of carbonyl (C=O) groups excluding carboxylic acids is 2. The van der Waals surface area contributed by atoms with Gasteiger partial charge in [0.2, 0.25) is 0 Å². The van der Waals surface area contributed by atoms with Crippen molar-refractivity contribution in [2.75, 3.05) is 13.2 Å². The molecule has 0 aliphatic carbocycles. The predicted molar refractivity (Wildman–Crippen MR) is 198 cm³/mol. The van der Waals surface area contributed by atoms with Crippen molar-refractivity contribution in [3.05, 3.63) is 128 Å². The Morgan fingerprint density at radius 2 is 1.10 bits per heavy atom. The third-order valence-electron chi connectivity index (χ3n) is 7.76. The number of pyridine rings is 2. The lowest BCUT2D eigenvalue weighted by atomic mass is 10.1. The zero-order valence-electron chi connectivity index (χ0n) is 28.6. The molecule has 0 amide bonds. The highest BCUT2D eigenvalue weighted by Gasteiger charge is 2.14. The van der Waals surface area contributed by atoms with Gasteiger partial charge in [0.15, 0.2) is 21.2 Å². The molecule has 0 saturated carbocycles. The number of hydrogen-bond donors (Lipinski definition) is 2. The molecule has 0 saturated heterocycles. The average Bonchev–Trinajstić information content (AvgIpc) is 3.61. The number of rotatable bonds is 10. The number of ketones is 2. The second-order valence-electron chi connectivity index (χ2n) is 11.4. The van der Waals surface area contributed by atoms with E-state index < -0.39 is 0 Å². The minimum Gasteiger partial charge on any atom is -0.395 e. The molecule has 0 spiro atoms. The number of aliphatic hydroxyl groups is 2. The summed E-state index contributed by atoms with van der Waals surface area (Å²) in [5, 5.41) is 18.6. The van der Waals surface area contributed by atoms with E-state index in [-0.39, 0.29) is 30.6 Å². The maximum atomic E-state index is 13.0. The third-order valence-corrected chi connectivity index (χ3v) is 10.3. The van der Waals surface area contributed by atoms with Crippen molar-refractivity contribution in [1.82, 2.24) is 19.1 Å². The minimum absolute atomic E-state index is 0.00665. The van der Waals surface area contributed by atoms with Crippen LogP contribution >= 0.6 is 22.7 Å². The topological polar surface area (TPSA) is 135 Å². The van der Waals surface area contributed by atoms with Crippen molar-refractivity contribution in [3.8, 4) is 22.5 Å². The maximum Gasteiger partial charge on any atom is 0.190 e. The van der Waals surface area contributed by atoms with Crippen LogP contribution in [0.3, 0.4) is 0 Å². The fourth-order valence-corrected chi connectivity index (χ4v) is 7.36. The van der Waals surface area contributed by atoms with Crippen LogP contribution in [-0.2, 0) is 13.1 Å². The molecule has 262 valence electrons. The molecule has 0 aliphatic rings. The molecule has 0 fully saturated rings. The molecule has 0 aliphatic heterocycles. The van der Waals surface area contributed by atoms with Crippen molar-refractivity contribution in [2.45, 2.75) is 40.8 Å². The van der Waals surface area contributed by atoms with Crippen LogP contribution in [-0.4, -0.2) is 54.1 Å². The van der Waals surface area contributed by atoms with Crippen molar-refractivity contribution >= 4 is 45.6 Å². The van der Waals surface area contributed by atoms with Crippen LogP contribution in [0.25, 0.3) is 22.5 Å². The van der Waals surface area contributed by atoms with Crippen LogP contribution in [0.1, 0.15) is 44.6 Å². The quantitative estimate of drug-likeness (QED) is 0.149. The molecule has 6 aromatic rings. The minimum atomic E-state index is -0.289. The third kappa shape index (κ3) is 9.13. The molecule has 2 N–H and O–H groups in total. The standard InChI is InChI=1S/C19H18FN3O2S.C19H19N3O2S/c1-12-18(13(2)25)26-19(23(12)9-10-24)22-16-7-8-17(21-11-16)14-3-5-15(20)6-4-14;1-13-18(14(2)24)25-19(22(13)10-11-23)21-16-8-9-17(20-12-16)15-6-4-3-5-7-15/h3-8,11,24H,9-10H2,1-2H3;3-9,12,23H,10-11H2,1-2H3/b22-19-;21-19-. The summed E-state index contributed by atoms with van der Waals surface area (Å²) in [6, 6.07) is 23.5. The Bertz CT molecular complexity index is 2260. The fraction of sp³-hybridized carbons (Fsp3) is 0.211. The van der Waals surface area contributed by atoms with Crippen LogP contribution in [0, 0.1) is 19.7 Å². The summed E-state index contributed by atoms with van der Waals surface area (Å²) in [7, 11) is 0. The number of aliphatic hydroxyl groups excluding tert-OH is 2. The molecule has 2 aromatic carbocycles. The Balaban J connectivity index is 0.000000198. The van der Waals surface area contributed by atoms with Crippen LogP contribution in [0.5, 0.6) is 0 Å². The summed E-state index contributed by atoms with van der Waals surface area (Å²) in [5.41, 5.74) is 6.45. The Labute approximate surface area is 302 Å². The maximum absolute atomic E-state index is 13.0. The Morgan fingerprint density at radius 1 is 0.667 bits per heavy atom. The van der Waals surface area contributed by atoms with Crippen LogP contribution in [0.15, 0.2) is 101 Å². The number of aromatic nitrogens is 4. The SMILES string of the molecule is CC(=O)c1s/c(=N\c2ccc(-c3ccc(F)cc3)nc2)n(CCO)c1C.CC(=O)c1s/c(=N\c2ccc(-c3ccccc3)nc2)n(CCO)c1C. The van der Waals surface area contributed by atoms with Gasteiger partial charge in [0, 0.05) is 49.5 Å². The Hall–Kier alpha value is -5.21. The molecule has 10 nitrogen and oxygen atoms in total. The van der Waals surface area contributed by atoms with E-state index in [1.807, 2.05) is 77.6 Å². The largest absolute Gasteiger partial charge is 0.395 e. The van der Waals surface area contributed by atoms with Gasteiger partial charge in [-0.15, -0.1) is 0 Å². The average molecular weight is 725 g/mol. The van der Waals surface area contributed by atoms with Crippen LogP contribution in [0.4, 0.5) is 15.8 Å². The molecule has 0 bridgehead atoms. The molecule has 0 atom stereocenters. The highest BCUT2D eigenvalue weighted by Crippen LogP contribution is 2.22. The van der Waals surface area contributed by atoms with Gasteiger partial charge in [0.1, 0.15) is 5.82 Å². The zero-order valence-corrected chi connectivity index (χ0v) is 30.2. The van der Waals surface area contributed by atoms with E-state index in [1.54, 1.807) is 31.5 Å². The monoisotopic (exact) mass is 724 g/mol. The Morgan fingerprint density at radius 3 is 1.47 bits per heavy atom. The molecular weight excluding hydrogens is 688 g/mol. The van der Waals surface area contributed by atoms with Gasteiger partial charge in [-0.3, -0.25) is 19.6 Å². The van der Waals surface area contributed by atoms with Crippen molar-refractivity contribution < 1.29 is 24.2 Å². The summed E-state index contributed by atoms with van der Waals surface area (Å²) in [6.07, 6.45) is 3.35. The Kier molecular flexibility index (Phi) is 12.5. The zero-order chi connectivity index (χ0) is 36.5. The molecular formula is C38H37FN6O4S2. The van der Waals surface area contributed by atoms with Gasteiger partial charge in [-0.1, -0.05) is 53.0 Å². The first kappa shape index (κ1) is 37.1. The predicted octanol–water partition coefficient (Wildman–Crippen LogP) is 6.83. The number of Topliss-reactive ketones (excluding diaryl/α,β-unsaturated/α-hetero) is 2. The van der Waals surface area contributed by atoms with Gasteiger partial charge in [0.05, 0.1) is 58.1 Å². The van der Waals surface area contributed by atoms with Gasteiger partial charge < -0.3 is 19.3 Å². The number of hydrogen-bond acceptors (Lipinski definition) is 10. The lowest BCUT2D eigenvalue weighted by molar-refractivity contribution is 0.101. The van der Waals surface area contributed by atoms with E-state index >= 15 is 0 Å². The lowest BCUT2D eigenvalue weighted by Crippen LogP contribution is -2.18. The van der Waals surface area contributed by atoms with Crippen molar-refractivity contribution in [1.29, 1.82) is 0 Å². The highest BCUT2D eigenvalue weighted by molar-refractivity contribution is 7.11. The summed E-state index contributed by atoms with van der Waals surface area (Å²) in [5.74, 6) is -0.304. The van der Waals surface area contributed by atoms with Gasteiger partial charge in [0.25, 0.3) is 0 Å². The molecule has 4 aromatic heterocycles. The molecule has 0 radical (unpaired) electrons. The van der Waals surface area contributed by atoms with Crippen molar-refractivity contribution in [3.63, 3.8) is 0 Å². The second kappa shape index (κ2) is 17.1. The van der Waals surface area contributed by atoms with Crippen LogP contribution in [0.2, 0.25) is 0 Å². The summed E-state index contributed by atoms with van der Waals surface area (Å²) < 4.78 is 16.7. The first-order chi connectivity index (χ1) is 24.6. The first-order valence-corrected chi connectivity index (χ1v) is 17.7. The molecule has 0 unspecified atom stereocenters. The first-order valence-electron chi connectivity index (χ1n) is 16.1. The summed E-state index contributed by atoms with van der Waals surface area (Å²) in [6.45, 7) is 7.51. The smallest absolute Gasteiger partial charge is 0.190 e. The van der Waals surface area contributed by atoms with E-state index in [0.717, 1.165) is 33.9 Å². The summed E-state index contributed by atoms with van der Waals surface area (Å²) >= 11 is 2.63. The number of benzene rings is 2. The van der Waals surface area contributed by atoms with Gasteiger partial charge >= 0.3 is 0 Å². The van der Waals surface area contributed by atoms with Crippen molar-refractivity contribution in [2.24, 2.45) is 9.98 Å². The number of nitrogens with zero attached hydrogens (tertiary/aromatic N) is 6. The number of carbonyl (C=O) groups is 2. The molecule has 6 rings (SSSR count). The number of halogens is 1. The number of thiazole rings is 2. The lowest BCUT2D eigenvalue weighted by Gasteiger charge is -2.04. The van der Waals surface area contributed by atoms with E-state index in [2.05, 4.69) is 20.0 Å². The van der Waals surface area contributed by atoms with E-state index in [1.165, 1.54) is 41.7 Å². The summed E-state index contributed by atoms with van der Waals surface area (Å²) in [4.78, 5) is 44.2.